The van der Waals surface area contributed by atoms with E-state index in [1.165, 1.54) is 13.2 Å². The van der Waals surface area contributed by atoms with Crippen molar-refractivity contribution in [2.75, 3.05) is 12.4 Å². The first-order valence-corrected chi connectivity index (χ1v) is 8.83. The molecule has 0 aliphatic carbocycles. The van der Waals surface area contributed by atoms with Crippen LogP contribution in [-0.2, 0) is 4.79 Å². The second kappa shape index (κ2) is 9.14. The van der Waals surface area contributed by atoms with Crippen molar-refractivity contribution in [3.8, 4) is 11.5 Å². The van der Waals surface area contributed by atoms with Gasteiger partial charge in [-0.15, -0.1) is 0 Å². The fourth-order valence-electron chi connectivity index (χ4n) is 2.49. The molecule has 2 aromatic rings. The zero-order valence-corrected chi connectivity index (χ0v) is 16.1. The lowest BCUT2D eigenvalue weighted by Gasteiger charge is -2.15. The third-order valence-corrected chi connectivity index (χ3v) is 3.94. The largest absolute Gasteiger partial charge is 0.457 e. The molecule has 144 valence electrons. The fraction of sp³-hybridized carbons (Fsp3) is 0.350. The molecular weight excluding hydrogens is 344 g/mol. The third-order valence-electron chi connectivity index (χ3n) is 3.94. The Morgan fingerprint density at radius 1 is 1.22 bits per heavy atom. The number of nitrogens with two attached hydrogens (primary N) is 1. The van der Waals surface area contributed by atoms with Gasteiger partial charge in [0.15, 0.2) is 0 Å². The Bertz CT molecular complexity index is 821. The summed E-state index contributed by atoms with van der Waals surface area (Å²) < 4.78 is 5.89. The Labute approximate surface area is 159 Å². The summed E-state index contributed by atoms with van der Waals surface area (Å²) >= 11 is 0. The van der Waals surface area contributed by atoms with Gasteiger partial charge in [-0.25, -0.2) is 0 Å². The number of carbonyl (C=O) groups is 2. The van der Waals surface area contributed by atoms with E-state index >= 15 is 0 Å². The minimum atomic E-state index is -0.564. The molecule has 2 amide bonds. The number of aromatic nitrogens is 1. The molecule has 4 N–H and O–H groups in total. The summed E-state index contributed by atoms with van der Waals surface area (Å²) in [5.74, 6) is 0.858. The highest BCUT2D eigenvalue weighted by Crippen LogP contribution is 2.28. The molecule has 2 rings (SSSR count). The average Bonchev–Trinajstić information content (AvgIpc) is 2.63. The fourth-order valence-corrected chi connectivity index (χ4v) is 2.49. The van der Waals surface area contributed by atoms with E-state index in [0.717, 1.165) is 5.56 Å². The van der Waals surface area contributed by atoms with Crippen molar-refractivity contribution >= 4 is 17.5 Å². The number of aryl methyl sites for hydroxylation is 1. The second-order valence-electron chi connectivity index (χ2n) is 6.76. The van der Waals surface area contributed by atoms with Crippen LogP contribution >= 0.6 is 0 Å². The highest BCUT2D eigenvalue weighted by atomic mass is 16.5. The first-order chi connectivity index (χ1) is 12.8. The van der Waals surface area contributed by atoms with Crippen LogP contribution in [0.2, 0.25) is 0 Å². The lowest BCUT2D eigenvalue weighted by molar-refractivity contribution is -0.117. The average molecular weight is 370 g/mol. The maximum atomic E-state index is 12.2. The van der Waals surface area contributed by atoms with Crippen LogP contribution in [0.3, 0.4) is 0 Å². The standard InChI is InChI=1S/C20H26N4O3/c1-12(2)9-16(21)19(25)24-14-6-5-13(3)18(10-14)27-15-7-8-23-17(11-15)20(26)22-4/h5-8,10-12,16H,9,21H2,1-4H3,(H,22,26)(H,24,25)/t16-/m0/s1. The lowest BCUT2D eigenvalue weighted by Crippen LogP contribution is -2.36. The van der Waals surface area contributed by atoms with Crippen molar-refractivity contribution in [1.82, 2.24) is 10.3 Å². The lowest BCUT2D eigenvalue weighted by atomic mass is 10.0. The summed E-state index contributed by atoms with van der Waals surface area (Å²) in [5, 5.41) is 5.34. The van der Waals surface area contributed by atoms with E-state index in [0.29, 0.717) is 29.5 Å². The van der Waals surface area contributed by atoms with E-state index in [1.54, 1.807) is 24.3 Å². The molecule has 0 radical (unpaired) electrons. The van der Waals surface area contributed by atoms with Crippen molar-refractivity contribution < 1.29 is 14.3 Å². The zero-order chi connectivity index (χ0) is 20.0. The monoisotopic (exact) mass is 370 g/mol. The number of nitrogens with zero attached hydrogens (tertiary/aromatic N) is 1. The van der Waals surface area contributed by atoms with Gasteiger partial charge in [0.05, 0.1) is 6.04 Å². The normalized spacial score (nSPS) is 11.8. The second-order valence-corrected chi connectivity index (χ2v) is 6.76. The van der Waals surface area contributed by atoms with Gasteiger partial charge in [-0.2, -0.15) is 0 Å². The molecule has 0 saturated heterocycles. The van der Waals surface area contributed by atoms with Gasteiger partial charge in [-0.05, 0) is 37.0 Å². The zero-order valence-electron chi connectivity index (χ0n) is 16.1. The molecular formula is C20H26N4O3. The molecule has 1 heterocycles. The van der Waals surface area contributed by atoms with Crippen LogP contribution in [0.15, 0.2) is 36.5 Å². The van der Waals surface area contributed by atoms with Crippen LogP contribution in [0.25, 0.3) is 0 Å². The van der Waals surface area contributed by atoms with Crippen LogP contribution in [0.4, 0.5) is 5.69 Å². The molecule has 0 unspecified atom stereocenters. The first-order valence-electron chi connectivity index (χ1n) is 8.83. The van der Waals surface area contributed by atoms with Crippen LogP contribution in [-0.4, -0.2) is 29.9 Å². The number of pyridine rings is 1. The van der Waals surface area contributed by atoms with Crippen LogP contribution in [0.5, 0.6) is 11.5 Å². The minimum Gasteiger partial charge on any atom is -0.457 e. The quantitative estimate of drug-likeness (QED) is 0.695. The summed E-state index contributed by atoms with van der Waals surface area (Å²) in [6.45, 7) is 5.94. The summed E-state index contributed by atoms with van der Waals surface area (Å²) in [7, 11) is 1.54. The molecule has 0 spiro atoms. The molecule has 0 aliphatic rings. The first kappa shape index (κ1) is 20.4. The Kier molecular flexibility index (Phi) is 6.90. The molecule has 0 aliphatic heterocycles. The number of hydrogen-bond acceptors (Lipinski definition) is 5. The number of hydrogen-bond donors (Lipinski definition) is 3. The maximum absolute atomic E-state index is 12.2. The van der Waals surface area contributed by atoms with Crippen LogP contribution in [0.1, 0.15) is 36.3 Å². The number of benzene rings is 1. The van der Waals surface area contributed by atoms with Gasteiger partial charge in [-0.3, -0.25) is 14.6 Å². The van der Waals surface area contributed by atoms with E-state index in [1.807, 2.05) is 26.8 Å². The Hall–Kier alpha value is -2.93. The van der Waals surface area contributed by atoms with Gasteiger partial charge in [-0.1, -0.05) is 19.9 Å². The predicted molar refractivity (Wildman–Crippen MR) is 105 cm³/mol. The highest BCUT2D eigenvalue weighted by Gasteiger charge is 2.16. The summed E-state index contributed by atoms with van der Waals surface area (Å²) in [5.41, 5.74) is 7.67. The topological polar surface area (TPSA) is 106 Å². The molecule has 7 heteroatoms. The van der Waals surface area contributed by atoms with E-state index in [-0.39, 0.29) is 17.5 Å². The van der Waals surface area contributed by atoms with Crippen LogP contribution < -0.4 is 21.1 Å². The van der Waals surface area contributed by atoms with E-state index < -0.39 is 6.04 Å². The van der Waals surface area contributed by atoms with Crippen molar-refractivity contribution in [2.24, 2.45) is 11.7 Å². The van der Waals surface area contributed by atoms with Gasteiger partial charge in [0.25, 0.3) is 5.91 Å². The van der Waals surface area contributed by atoms with Crippen LogP contribution in [0, 0.1) is 12.8 Å². The molecule has 0 bridgehead atoms. The molecule has 1 aromatic carbocycles. The predicted octanol–water partition coefficient (Wildman–Crippen LogP) is 2.85. The van der Waals surface area contributed by atoms with Gasteiger partial charge in [0.1, 0.15) is 17.2 Å². The SMILES string of the molecule is CNC(=O)c1cc(Oc2cc(NC(=O)[C@@H](N)CC(C)C)ccc2C)ccn1. The Morgan fingerprint density at radius 2 is 1.96 bits per heavy atom. The smallest absolute Gasteiger partial charge is 0.269 e. The van der Waals surface area contributed by atoms with Crippen molar-refractivity contribution in [3.63, 3.8) is 0 Å². The van der Waals surface area contributed by atoms with E-state index in [9.17, 15) is 9.59 Å². The molecule has 1 atom stereocenters. The molecule has 0 fully saturated rings. The van der Waals surface area contributed by atoms with Crippen molar-refractivity contribution in [2.45, 2.75) is 33.2 Å². The summed E-state index contributed by atoms with van der Waals surface area (Å²) in [6, 6.07) is 8.03. The summed E-state index contributed by atoms with van der Waals surface area (Å²) in [6.07, 6.45) is 2.12. The van der Waals surface area contributed by atoms with E-state index in [4.69, 9.17) is 10.5 Å². The number of anilines is 1. The van der Waals surface area contributed by atoms with Crippen molar-refractivity contribution in [3.05, 3.63) is 47.8 Å². The number of carbonyl (C=O) groups excluding carboxylic acids is 2. The summed E-state index contributed by atoms with van der Waals surface area (Å²) in [4.78, 5) is 27.9. The highest BCUT2D eigenvalue weighted by molar-refractivity contribution is 5.95. The van der Waals surface area contributed by atoms with Gasteiger partial charge >= 0.3 is 0 Å². The Balaban J connectivity index is 2.16. The van der Waals surface area contributed by atoms with Gasteiger partial charge in [0, 0.05) is 31.1 Å². The molecule has 0 saturated carbocycles. The van der Waals surface area contributed by atoms with Gasteiger partial charge in [0.2, 0.25) is 5.91 Å². The number of ether oxygens (including phenoxy) is 1. The molecule has 7 nitrogen and oxygen atoms in total. The molecule has 27 heavy (non-hydrogen) atoms. The number of rotatable bonds is 7. The minimum absolute atomic E-state index is 0.232. The number of nitrogens with one attached hydrogen (secondary N) is 2. The molecule has 1 aromatic heterocycles. The third kappa shape index (κ3) is 5.79. The Morgan fingerprint density at radius 3 is 2.63 bits per heavy atom. The van der Waals surface area contributed by atoms with Gasteiger partial charge < -0.3 is 21.1 Å². The van der Waals surface area contributed by atoms with Crippen molar-refractivity contribution in [1.29, 1.82) is 0 Å². The maximum Gasteiger partial charge on any atom is 0.269 e. The number of amides is 2. The van der Waals surface area contributed by atoms with E-state index in [2.05, 4.69) is 15.6 Å².